The molecule has 2 aliphatic heterocycles. The smallest absolute Gasteiger partial charge is 0.411 e. The Morgan fingerprint density at radius 2 is 2.00 bits per heavy atom. The fraction of sp³-hybridized carbons (Fsp3) is 0.526. The third-order valence-electron chi connectivity index (χ3n) is 4.48. The van der Waals surface area contributed by atoms with Gasteiger partial charge in [-0.05, 0) is 63.3 Å². The number of rotatable bonds is 2. The maximum atomic E-state index is 13.8. The van der Waals surface area contributed by atoms with E-state index in [1.165, 1.54) is 19.2 Å². The van der Waals surface area contributed by atoms with Crippen molar-refractivity contribution in [1.29, 1.82) is 0 Å². The summed E-state index contributed by atoms with van der Waals surface area (Å²) in [6, 6.07) is 4.87. The average Bonchev–Trinajstić information content (AvgIpc) is 2.75. The van der Waals surface area contributed by atoms with Crippen LogP contribution in [0.25, 0.3) is 5.57 Å². The third-order valence-corrected chi connectivity index (χ3v) is 4.48. The van der Waals surface area contributed by atoms with Crippen LogP contribution in [0.2, 0.25) is 0 Å². The molecule has 1 fully saturated rings. The molecule has 4 nitrogen and oxygen atoms in total. The van der Waals surface area contributed by atoms with E-state index in [0.717, 1.165) is 24.0 Å². The lowest BCUT2D eigenvalue weighted by Gasteiger charge is -2.35. The highest BCUT2D eigenvalue weighted by Gasteiger charge is 2.41. The van der Waals surface area contributed by atoms with Crippen molar-refractivity contribution in [1.82, 2.24) is 4.90 Å². The van der Waals surface area contributed by atoms with Gasteiger partial charge in [-0.3, -0.25) is 4.90 Å². The number of halogens is 1. The van der Waals surface area contributed by atoms with Crippen molar-refractivity contribution in [3.05, 3.63) is 35.7 Å². The number of benzene rings is 1. The van der Waals surface area contributed by atoms with Crippen LogP contribution < -0.4 is 4.74 Å². The lowest BCUT2D eigenvalue weighted by molar-refractivity contribution is 0.0175. The van der Waals surface area contributed by atoms with Gasteiger partial charge in [0.05, 0.1) is 13.2 Å². The molecule has 5 heteroatoms. The fourth-order valence-electron chi connectivity index (χ4n) is 3.51. The molecule has 0 radical (unpaired) electrons. The topological polar surface area (TPSA) is 38.8 Å². The molecule has 2 heterocycles. The zero-order valence-electron chi connectivity index (χ0n) is 14.6. The zero-order chi connectivity index (χ0) is 17.5. The molecular weight excluding hydrogens is 309 g/mol. The Hall–Kier alpha value is -2.04. The highest BCUT2D eigenvalue weighted by atomic mass is 19.1. The maximum absolute atomic E-state index is 13.8. The van der Waals surface area contributed by atoms with E-state index >= 15 is 0 Å². The summed E-state index contributed by atoms with van der Waals surface area (Å²) in [5, 5.41) is 0. The highest BCUT2D eigenvalue weighted by molar-refractivity contribution is 5.75. The largest absolute Gasteiger partial charge is 0.497 e. The number of carbonyl (C=O) groups excluding carboxylic acids is 1. The van der Waals surface area contributed by atoms with E-state index in [9.17, 15) is 9.18 Å². The molecule has 2 unspecified atom stereocenters. The van der Waals surface area contributed by atoms with Gasteiger partial charge in [-0.2, -0.15) is 0 Å². The van der Waals surface area contributed by atoms with Crippen LogP contribution in [0.3, 0.4) is 0 Å². The van der Waals surface area contributed by atoms with Gasteiger partial charge in [0.25, 0.3) is 0 Å². The van der Waals surface area contributed by atoms with Crippen LogP contribution in [0, 0.1) is 5.82 Å². The van der Waals surface area contributed by atoms with E-state index < -0.39 is 5.60 Å². The number of nitrogens with zero attached hydrogens (tertiary/aromatic N) is 1. The third kappa shape index (κ3) is 3.40. The SMILES string of the molecule is COc1cc(F)cc(C2=CC3CCC(C2)N3C(=O)OC(C)(C)C)c1. The van der Waals surface area contributed by atoms with Crippen molar-refractivity contribution in [3.8, 4) is 5.75 Å². The summed E-state index contributed by atoms with van der Waals surface area (Å²) in [5.74, 6) is 0.194. The monoisotopic (exact) mass is 333 g/mol. The van der Waals surface area contributed by atoms with Crippen molar-refractivity contribution in [2.24, 2.45) is 0 Å². The van der Waals surface area contributed by atoms with Crippen LogP contribution in [0.4, 0.5) is 9.18 Å². The second kappa shape index (κ2) is 6.11. The first-order valence-electron chi connectivity index (χ1n) is 8.34. The minimum Gasteiger partial charge on any atom is -0.497 e. The molecule has 0 spiro atoms. The minimum absolute atomic E-state index is 0.0165. The second-order valence-electron chi connectivity index (χ2n) is 7.46. The van der Waals surface area contributed by atoms with Gasteiger partial charge >= 0.3 is 6.09 Å². The Kier molecular flexibility index (Phi) is 4.28. The molecule has 2 bridgehead atoms. The van der Waals surface area contributed by atoms with Crippen molar-refractivity contribution in [2.45, 2.75) is 57.7 Å². The lowest BCUT2D eigenvalue weighted by Crippen LogP contribution is -2.45. The molecular formula is C19H24FNO3. The summed E-state index contributed by atoms with van der Waals surface area (Å²) in [4.78, 5) is 14.3. The van der Waals surface area contributed by atoms with Gasteiger partial charge < -0.3 is 9.47 Å². The van der Waals surface area contributed by atoms with Crippen LogP contribution >= 0.6 is 0 Å². The van der Waals surface area contributed by atoms with Gasteiger partial charge in [-0.1, -0.05) is 6.08 Å². The van der Waals surface area contributed by atoms with Gasteiger partial charge in [-0.25, -0.2) is 9.18 Å². The predicted molar refractivity (Wildman–Crippen MR) is 90.4 cm³/mol. The lowest BCUT2D eigenvalue weighted by atomic mass is 9.94. The summed E-state index contributed by atoms with van der Waals surface area (Å²) in [5.41, 5.74) is 1.39. The molecule has 130 valence electrons. The second-order valence-corrected chi connectivity index (χ2v) is 7.46. The van der Waals surface area contributed by atoms with Crippen molar-refractivity contribution in [2.75, 3.05) is 7.11 Å². The molecule has 3 rings (SSSR count). The molecule has 1 aromatic carbocycles. The zero-order valence-corrected chi connectivity index (χ0v) is 14.6. The number of hydrogen-bond acceptors (Lipinski definition) is 3. The molecule has 2 aliphatic rings. The Morgan fingerprint density at radius 3 is 2.62 bits per heavy atom. The first-order valence-corrected chi connectivity index (χ1v) is 8.34. The number of ether oxygens (including phenoxy) is 2. The van der Waals surface area contributed by atoms with Gasteiger partial charge in [0, 0.05) is 12.1 Å². The number of methoxy groups -OCH3 is 1. The first-order chi connectivity index (χ1) is 11.3. The van der Waals surface area contributed by atoms with Gasteiger partial charge in [0.2, 0.25) is 0 Å². The molecule has 1 saturated heterocycles. The number of carbonyl (C=O) groups is 1. The van der Waals surface area contributed by atoms with Crippen LogP contribution in [0.1, 0.15) is 45.6 Å². The summed E-state index contributed by atoms with van der Waals surface area (Å²) in [6.07, 6.45) is 4.38. The summed E-state index contributed by atoms with van der Waals surface area (Å²) >= 11 is 0. The van der Waals surface area contributed by atoms with E-state index in [1.54, 1.807) is 0 Å². The van der Waals surface area contributed by atoms with Crippen molar-refractivity contribution < 1.29 is 18.7 Å². The predicted octanol–water partition coefficient (Wildman–Crippen LogP) is 4.39. The molecule has 0 aromatic heterocycles. The Labute approximate surface area is 142 Å². The van der Waals surface area contributed by atoms with Crippen molar-refractivity contribution >= 4 is 11.7 Å². The number of hydrogen-bond donors (Lipinski definition) is 0. The molecule has 1 amide bonds. The van der Waals surface area contributed by atoms with E-state index in [2.05, 4.69) is 6.08 Å². The van der Waals surface area contributed by atoms with E-state index in [0.29, 0.717) is 12.2 Å². The van der Waals surface area contributed by atoms with Gasteiger partial charge in [0.15, 0.2) is 0 Å². The molecule has 0 saturated carbocycles. The average molecular weight is 333 g/mol. The summed E-state index contributed by atoms with van der Waals surface area (Å²) in [7, 11) is 1.53. The molecule has 0 aliphatic carbocycles. The van der Waals surface area contributed by atoms with Crippen LogP contribution in [0.5, 0.6) is 5.75 Å². The highest BCUT2D eigenvalue weighted by Crippen LogP contribution is 2.40. The minimum atomic E-state index is -0.504. The quantitative estimate of drug-likeness (QED) is 0.806. The fourth-order valence-corrected chi connectivity index (χ4v) is 3.51. The Bertz CT molecular complexity index is 678. The van der Waals surface area contributed by atoms with Crippen LogP contribution in [0.15, 0.2) is 24.3 Å². The molecule has 0 N–H and O–H groups in total. The van der Waals surface area contributed by atoms with Gasteiger partial charge in [0.1, 0.15) is 17.2 Å². The number of amides is 1. The van der Waals surface area contributed by atoms with E-state index in [1.807, 2.05) is 31.7 Å². The van der Waals surface area contributed by atoms with E-state index in [4.69, 9.17) is 9.47 Å². The van der Waals surface area contributed by atoms with Crippen molar-refractivity contribution in [3.63, 3.8) is 0 Å². The summed E-state index contributed by atoms with van der Waals surface area (Å²) in [6.45, 7) is 5.62. The molecule has 24 heavy (non-hydrogen) atoms. The number of fused-ring (bicyclic) bond motifs is 2. The normalized spacial score (nSPS) is 23.0. The maximum Gasteiger partial charge on any atom is 0.411 e. The van der Waals surface area contributed by atoms with E-state index in [-0.39, 0.29) is 24.0 Å². The summed E-state index contributed by atoms with van der Waals surface area (Å²) < 4.78 is 24.5. The van der Waals surface area contributed by atoms with Crippen LogP contribution in [-0.2, 0) is 4.74 Å². The Morgan fingerprint density at radius 1 is 1.25 bits per heavy atom. The first kappa shape index (κ1) is 16.8. The standard InChI is InChI=1S/C19H24FNO3/c1-19(2,3)24-18(22)21-15-5-6-16(21)9-13(8-15)12-7-14(20)11-17(10-12)23-4/h7-8,10-11,15-16H,5-6,9H2,1-4H3. The Balaban J connectivity index is 1.85. The molecule has 2 atom stereocenters. The molecule has 1 aromatic rings. The van der Waals surface area contributed by atoms with Crippen LogP contribution in [-0.4, -0.2) is 35.8 Å². The van der Waals surface area contributed by atoms with Gasteiger partial charge in [-0.15, -0.1) is 0 Å².